The molecule has 0 spiro atoms. The van der Waals surface area contributed by atoms with Gasteiger partial charge in [-0.05, 0) is 18.6 Å². The second kappa shape index (κ2) is 4.71. The van der Waals surface area contributed by atoms with E-state index in [1.165, 1.54) is 0 Å². The Morgan fingerprint density at radius 1 is 1.38 bits per heavy atom. The standard InChI is InChI=1S/C13H13NO2/c1-2-3-8-15-13-10-6-4-5-7-11(10)16-12(13)9-14/h4-7H,2-3,8H2,1H3. The van der Waals surface area contributed by atoms with Crippen molar-refractivity contribution < 1.29 is 9.15 Å². The molecule has 0 atom stereocenters. The zero-order valence-electron chi connectivity index (χ0n) is 9.19. The molecule has 0 aliphatic heterocycles. The third kappa shape index (κ3) is 1.87. The molecule has 82 valence electrons. The molecule has 0 unspecified atom stereocenters. The van der Waals surface area contributed by atoms with Gasteiger partial charge in [0.15, 0.2) is 5.75 Å². The molecule has 1 aromatic carbocycles. The van der Waals surface area contributed by atoms with Gasteiger partial charge in [0.05, 0.1) is 12.0 Å². The molecule has 0 fully saturated rings. The Kier molecular flexibility index (Phi) is 3.11. The normalized spacial score (nSPS) is 10.2. The molecule has 1 heterocycles. The number of nitriles is 1. The number of nitrogens with zero attached hydrogens (tertiary/aromatic N) is 1. The summed E-state index contributed by atoms with van der Waals surface area (Å²) in [6.07, 6.45) is 2.04. The van der Waals surface area contributed by atoms with Crippen LogP contribution in [0.5, 0.6) is 5.75 Å². The first-order valence-corrected chi connectivity index (χ1v) is 5.41. The molecular formula is C13H13NO2. The molecule has 0 radical (unpaired) electrons. The van der Waals surface area contributed by atoms with Crippen molar-refractivity contribution in [2.24, 2.45) is 0 Å². The quantitative estimate of drug-likeness (QED) is 0.733. The minimum Gasteiger partial charge on any atom is -0.488 e. The molecule has 0 aliphatic carbocycles. The van der Waals surface area contributed by atoms with Gasteiger partial charge in [-0.3, -0.25) is 0 Å². The molecule has 1 aromatic heterocycles. The van der Waals surface area contributed by atoms with Crippen LogP contribution in [0.25, 0.3) is 11.0 Å². The maximum Gasteiger partial charge on any atom is 0.246 e. The van der Waals surface area contributed by atoms with E-state index in [1.54, 1.807) is 0 Å². The average Bonchev–Trinajstić information content (AvgIpc) is 2.68. The molecule has 0 N–H and O–H groups in total. The lowest BCUT2D eigenvalue weighted by Gasteiger charge is -2.02. The third-order valence-electron chi connectivity index (χ3n) is 2.40. The zero-order valence-corrected chi connectivity index (χ0v) is 9.19. The summed E-state index contributed by atoms with van der Waals surface area (Å²) in [5.41, 5.74) is 0.700. The van der Waals surface area contributed by atoms with Gasteiger partial charge < -0.3 is 9.15 Å². The SMILES string of the molecule is CCCCOc1c(C#N)oc2ccccc12. The number of fused-ring (bicyclic) bond motifs is 1. The summed E-state index contributed by atoms with van der Waals surface area (Å²) in [5, 5.41) is 9.82. The van der Waals surface area contributed by atoms with Gasteiger partial charge in [0.25, 0.3) is 0 Å². The first-order valence-electron chi connectivity index (χ1n) is 5.41. The van der Waals surface area contributed by atoms with Gasteiger partial charge in [-0.15, -0.1) is 0 Å². The maximum absolute atomic E-state index is 8.95. The van der Waals surface area contributed by atoms with Crippen LogP contribution in [0.4, 0.5) is 0 Å². The van der Waals surface area contributed by atoms with E-state index in [-0.39, 0.29) is 5.76 Å². The van der Waals surface area contributed by atoms with Crippen molar-refractivity contribution in [3.05, 3.63) is 30.0 Å². The molecule has 0 saturated carbocycles. The number of unbranched alkanes of at least 4 members (excludes halogenated alkanes) is 1. The number of benzene rings is 1. The highest BCUT2D eigenvalue weighted by Crippen LogP contribution is 2.32. The first-order chi connectivity index (χ1) is 7.86. The summed E-state index contributed by atoms with van der Waals surface area (Å²) in [5.74, 6) is 0.837. The Labute approximate surface area is 94.2 Å². The third-order valence-corrected chi connectivity index (χ3v) is 2.40. The smallest absolute Gasteiger partial charge is 0.246 e. The zero-order chi connectivity index (χ0) is 11.4. The summed E-state index contributed by atoms with van der Waals surface area (Å²) in [7, 11) is 0. The van der Waals surface area contributed by atoms with Crippen LogP contribution in [-0.4, -0.2) is 6.61 Å². The second-order valence-electron chi connectivity index (χ2n) is 3.57. The monoisotopic (exact) mass is 215 g/mol. The minimum absolute atomic E-state index is 0.261. The summed E-state index contributed by atoms with van der Waals surface area (Å²) >= 11 is 0. The highest BCUT2D eigenvalue weighted by Gasteiger charge is 2.14. The van der Waals surface area contributed by atoms with E-state index in [0.29, 0.717) is 17.9 Å². The van der Waals surface area contributed by atoms with Crippen molar-refractivity contribution in [1.82, 2.24) is 0 Å². The number of rotatable bonds is 4. The Hall–Kier alpha value is -1.95. The van der Waals surface area contributed by atoms with E-state index in [4.69, 9.17) is 14.4 Å². The van der Waals surface area contributed by atoms with E-state index in [2.05, 4.69) is 6.92 Å². The van der Waals surface area contributed by atoms with E-state index >= 15 is 0 Å². The van der Waals surface area contributed by atoms with Crippen LogP contribution in [-0.2, 0) is 0 Å². The molecule has 0 saturated heterocycles. The predicted molar refractivity (Wildman–Crippen MR) is 61.3 cm³/mol. The number of furan rings is 1. The van der Waals surface area contributed by atoms with Crippen LogP contribution in [0.3, 0.4) is 0 Å². The van der Waals surface area contributed by atoms with Crippen molar-refractivity contribution in [2.75, 3.05) is 6.61 Å². The lowest BCUT2D eigenvalue weighted by molar-refractivity contribution is 0.307. The Balaban J connectivity index is 2.37. The van der Waals surface area contributed by atoms with Crippen molar-refractivity contribution in [3.63, 3.8) is 0 Å². The van der Waals surface area contributed by atoms with Crippen molar-refractivity contribution in [3.8, 4) is 11.8 Å². The highest BCUT2D eigenvalue weighted by molar-refractivity contribution is 5.86. The van der Waals surface area contributed by atoms with Crippen molar-refractivity contribution in [2.45, 2.75) is 19.8 Å². The van der Waals surface area contributed by atoms with E-state index in [0.717, 1.165) is 18.2 Å². The first kappa shape index (κ1) is 10.6. The fourth-order valence-electron chi connectivity index (χ4n) is 1.56. The van der Waals surface area contributed by atoms with Crippen molar-refractivity contribution in [1.29, 1.82) is 5.26 Å². The molecule has 3 heteroatoms. The molecule has 2 aromatic rings. The van der Waals surface area contributed by atoms with Gasteiger partial charge in [0.2, 0.25) is 5.76 Å². The number of hydrogen-bond acceptors (Lipinski definition) is 3. The van der Waals surface area contributed by atoms with Crippen molar-refractivity contribution >= 4 is 11.0 Å². The number of hydrogen-bond donors (Lipinski definition) is 0. The van der Waals surface area contributed by atoms with Crippen LogP contribution < -0.4 is 4.74 Å². The Morgan fingerprint density at radius 2 is 2.19 bits per heavy atom. The maximum atomic E-state index is 8.95. The van der Waals surface area contributed by atoms with Crippen LogP contribution >= 0.6 is 0 Å². The van der Waals surface area contributed by atoms with E-state index < -0.39 is 0 Å². The predicted octanol–water partition coefficient (Wildman–Crippen LogP) is 3.48. The molecule has 16 heavy (non-hydrogen) atoms. The number of para-hydroxylation sites is 1. The summed E-state index contributed by atoms with van der Waals surface area (Å²) in [6, 6.07) is 9.55. The Bertz CT molecular complexity index is 522. The molecule has 2 rings (SSSR count). The molecule has 0 bridgehead atoms. The topological polar surface area (TPSA) is 46.2 Å². The van der Waals surface area contributed by atoms with Gasteiger partial charge in [-0.25, -0.2) is 0 Å². The fourth-order valence-corrected chi connectivity index (χ4v) is 1.56. The highest BCUT2D eigenvalue weighted by atomic mass is 16.5. The fraction of sp³-hybridized carbons (Fsp3) is 0.308. The number of ether oxygens (including phenoxy) is 1. The van der Waals surface area contributed by atoms with Gasteiger partial charge in [0.1, 0.15) is 11.7 Å². The molecule has 3 nitrogen and oxygen atoms in total. The molecule has 0 aliphatic rings. The second-order valence-corrected chi connectivity index (χ2v) is 3.57. The lowest BCUT2D eigenvalue weighted by atomic mass is 10.2. The molecular weight excluding hydrogens is 202 g/mol. The largest absolute Gasteiger partial charge is 0.488 e. The summed E-state index contributed by atoms with van der Waals surface area (Å²) < 4.78 is 11.0. The van der Waals surface area contributed by atoms with Gasteiger partial charge in [-0.1, -0.05) is 25.5 Å². The average molecular weight is 215 g/mol. The van der Waals surface area contributed by atoms with Gasteiger partial charge >= 0.3 is 0 Å². The minimum atomic E-state index is 0.261. The van der Waals surface area contributed by atoms with Crippen LogP contribution in [0, 0.1) is 11.3 Å². The van der Waals surface area contributed by atoms with E-state index in [1.807, 2.05) is 30.3 Å². The van der Waals surface area contributed by atoms with E-state index in [9.17, 15) is 0 Å². The summed E-state index contributed by atoms with van der Waals surface area (Å²) in [6.45, 7) is 2.72. The summed E-state index contributed by atoms with van der Waals surface area (Å²) in [4.78, 5) is 0. The van der Waals surface area contributed by atoms with Gasteiger partial charge in [-0.2, -0.15) is 5.26 Å². The molecule has 0 amide bonds. The van der Waals surface area contributed by atoms with Crippen LogP contribution in [0.1, 0.15) is 25.5 Å². The lowest BCUT2D eigenvalue weighted by Crippen LogP contribution is -1.96. The Morgan fingerprint density at radius 3 is 2.94 bits per heavy atom. The van der Waals surface area contributed by atoms with Crippen LogP contribution in [0.2, 0.25) is 0 Å². The van der Waals surface area contributed by atoms with Crippen LogP contribution in [0.15, 0.2) is 28.7 Å². The van der Waals surface area contributed by atoms with Gasteiger partial charge in [0, 0.05) is 0 Å².